The largest absolute Gasteiger partial charge is 0.344 e. The molecule has 82 valence electrons. The molecule has 0 unspecified atom stereocenters. The summed E-state index contributed by atoms with van der Waals surface area (Å²) in [5, 5.41) is 3.10. The summed E-state index contributed by atoms with van der Waals surface area (Å²) in [6.45, 7) is 8.22. The Labute approximate surface area is 90.2 Å². The van der Waals surface area contributed by atoms with E-state index in [-0.39, 0.29) is 5.82 Å². The van der Waals surface area contributed by atoms with Crippen molar-refractivity contribution in [3.63, 3.8) is 0 Å². The molecular formula is C12H17FN2. The fourth-order valence-electron chi connectivity index (χ4n) is 1.50. The standard InChI is InChI=1S/C12H17FN2/c1-4-10(5-2)9(3)15-12-7-6-11(13)8-14-12/h6-8,10H,3-5H2,1-2H3,(H,14,15). The molecule has 0 radical (unpaired) electrons. The smallest absolute Gasteiger partial charge is 0.141 e. The van der Waals surface area contributed by atoms with Crippen LogP contribution in [0.4, 0.5) is 10.2 Å². The van der Waals surface area contributed by atoms with Crippen LogP contribution in [0.15, 0.2) is 30.6 Å². The third kappa shape index (κ3) is 3.35. The molecule has 1 rings (SSSR count). The van der Waals surface area contributed by atoms with Gasteiger partial charge in [-0.25, -0.2) is 9.37 Å². The van der Waals surface area contributed by atoms with Crippen LogP contribution in [0.1, 0.15) is 26.7 Å². The first-order valence-corrected chi connectivity index (χ1v) is 5.24. The summed E-state index contributed by atoms with van der Waals surface area (Å²) in [6, 6.07) is 3.00. The number of rotatable bonds is 5. The zero-order valence-electron chi connectivity index (χ0n) is 9.26. The Morgan fingerprint density at radius 2 is 2.13 bits per heavy atom. The van der Waals surface area contributed by atoms with Gasteiger partial charge >= 0.3 is 0 Å². The Bertz CT molecular complexity index is 315. The van der Waals surface area contributed by atoms with Gasteiger partial charge in [0.1, 0.15) is 11.6 Å². The molecule has 0 saturated carbocycles. The highest BCUT2D eigenvalue weighted by atomic mass is 19.1. The van der Waals surface area contributed by atoms with Crippen LogP contribution in [0.3, 0.4) is 0 Å². The maximum absolute atomic E-state index is 12.6. The zero-order chi connectivity index (χ0) is 11.3. The van der Waals surface area contributed by atoms with Crippen molar-refractivity contribution < 1.29 is 4.39 Å². The maximum atomic E-state index is 12.6. The molecule has 0 aliphatic rings. The lowest BCUT2D eigenvalue weighted by Crippen LogP contribution is -2.10. The average molecular weight is 208 g/mol. The number of hydrogen-bond donors (Lipinski definition) is 1. The number of pyridine rings is 1. The second-order valence-corrected chi connectivity index (χ2v) is 3.53. The van der Waals surface area contributed by atoms with Gasteiger partial charge in [-0.2, -0.15) is 0 Å². The van der Waals surface area contributed by atoms with Crippen LogP contribution >= 0.6 is 0 Å². The highest BCUT2D eigenvalue weighted by Crippen LogP contribution is 2.18. The lowest BCUT2D eigenvalue weighted by Gasteiger charge is -2.17. The van der Waals surface area contributed by atoms with Gasteiger partial charge in [0.25, 0.3) is 0 Å². The third-order valence-corrected chi connectivity index (χ3v) is 2.49. The fourth-order valence-corrected chi connectivity index (χ4v) is 1.50. The van der Waals surface area contributed by atoms with Crippen LogP contribution in [0.5, 0.6) is 0 Å². The molecule has 3 heteroatoms. The third-order valence-electron chi connectivity index (χ3n) is 2.49. The molecule has 0 saturated heterocycles. The SMILES string of the molecule is C=C(Nc1ccc(F)cn1)C(CC)CC. The van der Waals surface area contributed by atoms with Crippen molar-refractivity contribution in [2.75, 3.05) is 5.32 Å². The molecule has 0 spiro atoms. The summed E-state index contributed by atoms with van der Waals surface area (Å²) in [5.74, 6) is 0.763. The molecule has 0 amide bonds. The topological polar surface area (TPSA) is 24.9 Å². The molecule has 0 aliphatic carbocycles. The minimum atomic E-state index is -0.325. The summed E-state index contributed by atoms with van der Waals surface area (Å²) in [4.78, 5) is 3.92. The van der Waals surface area contributed by atoms with E-state index >= 15 is 0 Å². The lowest BCUT2D eigenvalue weighted by atomic mass is 10.0. The molecule has 0 fully saturated rings. The van der Waals surface area contributed by atoms with E-state index in [4.69, 9.17) is 0 Å². The van der Waals surface area contributed by atoms with Crippen LogP contribution in [-0.4, -0.2) is 4.98 Å². The Morgan fingerprint density at radius 1 is 1.47 bits per heavy atom. The Hall–Kier alpha value is -1.38. The Balaban J connectivity index is 2.61. The normalized spacial score (nSPS) is 10.4. The number of hydrogen-bond acceptors (Lipinski definition) is 2. The average Bonchev–Trinajstić information content (AvgIpc) is 2.23. The molecule has 0 aromatic carbocycles. The molecule has 0 aliphatic heterocycles. The second kappa shape index (κ2) is 5.49. The first kappa shape index (κ1) is 11.7. The maximum Gasteiger partial charge on any atom is 0.141 e. The zero-order valence-corrected chi connectivity index (χ0v) is 9.26. The molecular weight excluding hydrogens is 191 g/mol. The number of nitrogens with zero attached hydrogens (tertiary/aromatic N) is 1. The number of halogens is 1. The van der Waals surface area contributed by atoms with E-state index in [0.29, 0.717) is 11.7 Å². The Morgan fingerprint density at radius 3 is 2.60 bits per heavy atom. The van der Waals surface area contributed by atoms with Gasteiger partial charge in [-0.1, -0.05) is 20.4 Å². The summed E-state index contributed by atoms with van der Waals surface area (Å²) in [5.41, 5.74) is 0.944. The van der Waals surface area contributed by atoms with E-state index in [9.17, 15) is 4.39 Å². The van der Waals surface area contributed by atoms with Gasteiger partial charge in [0.05, 0.1) is 6.20 Å². The van der Waals surface area contributed by atoms with Gasteiger partial charge in [-0.15, -0.1) is 0 Å². The van der Waals surface area contributed by atoms with Gasteiger partial charge in [-0.05, 0) is 30.9 Å². The number of aromatic nitrogens is 1. The molecule has 1 N–H and O–H groups in total. The van der Waals surface area contributed by atoms with Gasteiger partial charge < -0.3 is 5.32 Å². The van der Waals surface area contributed by atoms with Crippen molar-refractivity contribution in [1.29, 1.82) is 0 Å². The van der Waals surface area contributed by atoms with Gasteiger partial charge in [0, 0.05) is 5.70 Å². The van der Waals surface area contributed by atoms with Crippen molar-refractivity contribution in [3.8, 4) is 0 Å². The van der Waals surface area contributed by atoms with E-state index in [1.165, 1.54) is 12.3 Å². The minimum absolute atomic E-state index is 0.325. The van der Waals surface area contributed by atoms with E-state index in [0.717, 1.165) is 18.5 Å². The first-order valence-electron chi connectivity index (χ1n) is 5.24. The van der Waals surface area contributed by atoms with Crippen molar-refractivity contribution in [1.82, 2.24) is 4.98 Å². The van der Waals surface area contributed by atoms with E-state index in [2.05, 4.69) is 30.7 Å². The summed E-state index contributed by atoms with van der Waals surface area (Å²) in [6.07, 6.45) is 3.29. The van der Waals surface area contributed by atoms with Crippen LogP contribution in [-0.2, 0) is 0 Å². The van der Waals surface area contributed by atoms with E-state index in [1.54, 1.807) is 6.07 Å². The number of anilines is 1. The summed E-state index contributed by atoms with van der Waals surface area (Å²) < 4.78 is 12.6. The fraction of sp³-hybridized carbons (Fsp3) is 0.417. The highest BCUT2D eigenvalue weighted by molar-refractivity contribution is 5.40. The monoisotopic (exact) mass is 208 g/mol. The summed E-state index contributed by atoms with van der Waals surface area (Å²) in [7, 11) is 0. The molecule has 1 aromatic rings. The molecule has 0 atom stereocenters. The van der Waals surface area contributed by atoms with Crippen LogP contribution in [0.2, 0.25) is 0 Å². The molecule has 1 aromatic heterocycles. The lowest BCUT2D eigenvalue weighted by molar-refractivity contribution is 0.576. The van der Waals surface area contributed by atoms with Crippen LogP contribution in [0.25, 0.3) is 0 Å². The number of allylic oxidation sites excluding steroid dienone is 1. The van der Waals surface area contributed by atoms with Gasteiger partial charge in [-0.3, -0.25) is 0 Å². The number of nitrogens with one attached hydrogen (secondary N) is 1. The molecule has 2 nitrogen and oxygen atoms in total. The second-order valence-electron chi connectivity index (χ2n) is 3.53. The minimum Gasteiger partial charge on any atom is -0.344 e. The quantitative estimate of drug-likeness (QED) is 0.800. The van der Waals surface area contributed by atoms with E-state index < -0.39 is 0 Å². The van der Waals surface area contributed by atoms with Gasteiger partial charge in [0.2, 0.25) is 0 Å². The molecule has 0 bridgehead atoms. The predicted octanol–water partition coefficient (Wildman–Crippen LogP) is 3.58. The molecule has 15 heavy (non-hydrogen) atoms. The predicted molar refractivity (Wildman–Crippen MR) is 61.0 cm³/mol. The van der Waals surface area contributed by atoms with Crippen molar-refractivity contribution in [2.45, 2.75) is 26.7 Å². The van der Waals surface area contributed by atoms with Gasteiger partial charge in [0.15, 0.2) is 0 Å². The van der Waals surface area contributed by atoms with Crippen molar-refractivity contribution >= 4 is 5.82 Å². The Kier molecular flexibility index (Phi) is 4.28. The highest BCUT2D eigenvalue weighted by Gasteiger charge is 2.08. The van der Waals surface area contributed by atoms with E-state index in [1.807, 2.05) is 0 Å². The van der Waals surface area contributed by atoms with Crippen molar-refractivity contribution in [3.05, 3.63) is 36.4 Å². The van der Waals surface area contributed by atoms with Crippen LogP contribution in [0, 0.1) is 11.7 Å². The van der Waals surface area contributed by atoms with Crippen LogP contribution < -0.4 is 5.32 Å². The van der Waals surface area contributed by atoms with Crippen molar-refractivity contribution in [2.24, 2.45) is 5.92 Å². The summed E-state index contributed by atoms with van der Waals surface area (Å²) >= 11 is 0. The first-order chi connectivity index (χ1) is 7.17. The molecule has 1 heterocycles.